The minimum atomic E-state index is -3.77. The third-order valence-electron chi connectivity index (χ3n) is 4.41. The van der Waals surface area contributed by atoms with Gasteiger partial charge in [-0.25, -0.2) is 8.42 Å². The van der Waals surface area contributed by atoms with Crippen molar-refractivity contribution in [3.05, 3.63) is 89.5 Å². The summed E-state index contributed by atoms with van der Waals surface area (Å²) in [7, 11) is -3.77. The van der Waals surface area contributed by atoms with Gasteiger partial charge in [-0.15, -0.1) is 0 Å². The molecule has 0 atom stereocenters. The van der Waals surface area contributed by atoms with Crippen molar-refractivity contribution in [3.8, 4) is 0 Å². The number of para-hydroxylation sites is 1. The number of hydrogen-bond donors (Lipinski definition) is 3. The van der Waals surface area contributed by atoms with Crippen LogP contribution in [0.2, 0.25) is 0 Å². The van der Waals surface area contributed by atoms with Gasteiger partial charge in [-0.1, -0.05) is 30.3 Å². The van der Waals surface area contributed by atoms with Gasteiger partial charge in [0, 0.05) is 11.3 Å². The van der Waals surface area contributed by atoms with Crippen LogP contribution in [-0.4, -0.2) is 20.2 Å². The fraction of sp³-hybridized carbons (Fsp3) is 0.0909. The Kier molecular flexibility index (Phi) is 6.17. The Morgan fingerprint density at radius 2 is 1.53 bits per heavy atom. The Balaban J connectivity index is 1.69. The van der Waals surface area contributed by atoms with Gasteiger partial charge in [0.1, 0.15) is 0 Å². The number of carbonyl (C=O) groups excluding carboxylic acids is 2. The molecule has 3 aromatic carbocycles. The molecule has 2 amide bonds. The lowest BCUT2D eigenvalue weighted by molar-refractivity contribution is -0.117. The molecule has 154 valence electrons. The van der Waals surface area contributed by atoms with Gasteiger partial charge in [0.05, 0.1) is 17.0 Å². The molecule has 0 saturated heterocycles. The lowest BCUT2D eigenvalue weighted by atomic mass is 10.1. The molecule has 8 heteroatoms. The molecule has 0 spiro atoms. The van der Waals surface area contributed by atoms with Gasteiger partial charge < -0.3 is 11.1 Å². The number of nitrogens with two attached hydrogens (primary N) is 1. The number of aryl methyl sites for hydroxylation is 1. The molecule has 0 bridgehead atoms. The van der Waals surface area contributed by atoms with Gasteiger partial charge in [-0.3, -0.25) is 14.3 Å². The number of rotatable bonds is 7. The second-order valence-corrected chi connectivity index (χ2v) is 8.42. The zero-order valence-corrected chi connectivity index (χ0v) is 17.1. The molecule has 0 unspecified atom stereocenters. The van der Waals surface area contributed by atoms with Crippen molar-refractivity contribution in [3.63, 3.8) is 0 Å². The Morgan fingerprint density at radius 3 is 2.13 bits per heavy atom. The molecule has 0 saturated carbocycles. The molecule has 0 aliphatic carbocycles. The molecule has 7 nitrogen and oxygen atoms in total. The van der Waals surface area contributed by atoms with E-state index in [0.29, 0.717) is 16.9 Å². The van der Waals surface area contributed by atoms with E-state index in [4.69, 9.17) is 5.73 Å². The normalized spacial score (nSPS) is 11.0. The molecule has 0 fully saturated rings. The molecule has 0 aromatic heterocycles. The van der Waals surface area contributed by atoms with Crippen LogP contribution < -0.4 is 15.8 Å². The van der Waals surface area contributed by atoms with E-state index in [0.717, 1.165) is 11.1 Å². The number of carbonyl (C=O) groups is 2. The summed E-state index contributed by atoms with van der Waals surface area (Å²) in [5, 5.41) is 2.72. The molecular weight excluding hydrogens is 402 g/mol. The SMILES string of the molecule is Cc1ccccc1NS(=O)(=O)c1ccc(C(=O)Nc2ccc(CC(N)=O)cc2)cc1. The van der Waals surface area contributed by atoms with E-state index in [1.165, 1.54) is 24.3 Å². The first-order chi connectivity index (χ1) is 14.2. The van der Waals surface area contributed by atoms with Gasteiger partial charge in [0.15, 0.2) is 0 Å². The number of sulfonamides is 1. The molecular formula is C22H21N3O4S. The predicted octanol–water partition coefficient (Wildman–Crippen LogP) is 3.08. The molecule has 0 aliphatic rings. The van der Waals surface area contributed by atoms with E-state index in [9.17, 15) is 18.0 Å². The summed E-state index contributed by atoms with van der Waals surface area (Å²) in [5.74, 6) is -0.813. The van der Waals surface area contributed by atoms with Crippen LogP contribution in [0, 0.1) is 6.92 Å². The van der Waals surface area contributed by atoms with Crippen molar-refractivity contribution < 1.29 is 18.0 Å². The van der Waals surface area contributed by atoms with Crippen LogP contribution in [0.1, 0.15) is 21.5 Å². The number of anilines is 2. The van der Waals surface area contributed by atoms with E-state index in [1.807, 2.05) is 19.1 Å². The first-order valence-corrected chi connectivity index (χ1v) is 10.6. The lowest BCUT2D eigenvalue weighted by Gasteiger charge is -2.11. The number of amides is 2. The standard InChI is InChI=1S/C22H21N3O4S/c1-15-4-2-3-5-20(15)25-30(28,29)19-12-8-17(9-13-19)22(27)24-18-10-6-16(7-11-18)14-21(23)26/h2-13,25H,14H2,1H3,(H2,23,26)(H,24,27). The smallest absolute Gasteiger partial charge is 0.261 e. The second-order valence-electron chi connectivity index (χ2n) is 6.74. The molecule has 0 aliphatic heterocycles. The maximum absolute atomic E-state index is 12.6. The number of hydrogen-bond acceptors (Lipinski definition) is 4. The lowest BCUT2D eigenvalue weighted by Crippen LogP contribution is -2.15. The monoisotopic (exact) mass is 423 g/mol. The molecule has 0 heterocycles. The highest BCUT2D eigenvalue weighted by Crippen LogP contribution is 2.20. The average molecular weight is 423 g/mol. The fourth-order valence-electron chi connectivity index (χ4n) is 2.79. The van der Waals surface area contributed by atoms with Gasteiger partial charge in [0.25, 0.3) is 15.9 Å². The maximum Gasteiger partial charge on any atom is 0.261 e. The summed E-state index contributed by atoms with van der Waals surface area (Å²) >= 11 is 0. The first-order valence-electron chi connectivity index (χ1n) is 9.12. The van der Waals surface area contributed by atoms with E-state index in [-0.39, 0.29) is 17.2 Å². The summed E-state index contributed by atoms with van der Waals surface area (Å²) in [4.78, 5) is 23.4. The van der Waals surface area contributed by atoms with Crippen LogP contribution in [0.5, 0.6) is 0 Å². The van der Waals surface area contributed by atoms with Gasteiger partial charge >= 0.3 is 0 Å². The van der Waals surface area contributed by atoms with Crippen LogP contribution in [0.3, 0.4) is 0 Å². The van der Waals surface area contributed by atoms with Crippen molar-refractivity contribution in [2.75, 3.05) is 10.0 Å². The Hall–Kier alpha value is -3.65. The predicted molar refractivity (Wildman–Crippen MR) is 116 cm³/mol. The van der Waals surface area contributed by atoms with Crippen LogP contribution in [-0.2, 0) is 21.2 Å². The number of benzene rings is 3. The van der Waals surface area contributed by atoms with Crippen molar-refractivity contribution in [2.45, 2.75) is 18.2 Å². The van der Waals surface area contributed by atoms with E-state index < -0.39 is 15.9 Å². The van der Waals surface area contributed by atoms with Crippen molar-refractivity contribution in [1.82, 2.24) is 0 Å². The highest BCUT2D eigenvalue weighted by atomic mass is 32.2. The second kappa shape index (κ2) is 8.79. The molecule has 30 heavy (non-hydrogen) atoms. The maximum atomic E-state index is 12.6. The molecule has 3 aromatic rings. The van der Waals surface area contributed by atoms with Crippen molar-refractivity contribution in [1.29, 1.82) is 0 Å². The Morgan fingerprint density at radius 1 is 0.900 bits per heavy atom. The Bertz CT molecular complexity index is 1170. The van der Waals surface area contributed by atoms with Crippen LogP contribution in [0.15, 0.2) is 77.7 Å². The summed E-state index contributed by atoms with van der Waals surface area (Å²) in [6.07, 6.45) is 0.126. The molecule has 4 N–H and O–H groups in total. The largest absolute Gasteiger partial charge is 0.369 e. The van der Waals surface area contributed by atoms with E-state index >= 15 is 0 Å². The minimum Gasteiger partial charge on any atom is -0.369 e. The zero-order chi connectivity index (χ0) is 21.7. The third kappa shape index (κ3) is 5.24. The van der Waals surface area contributed by atoms with Crippen molar-refractivity contribution >= 4 is 33.2 Å². The van der Waals surface area contributed by atoms with Gasteiger partial charge in [-0.2, -0.15) is 0 Å². The molecule has 0 radical (unpaired) electrons. The van der Waals surface area contributed by atoms with Crippen molar-refractivity contribution in [2.24, 2.45) is 5.73 Å². The fourth-order valence-corrected chi connectivity index (χ4v) is 3.92. The third-order valence-corrected chi connectivity index (χ3v) is 5.79. The van der Waals surface area contributed by atoms with E-state index in [2.05, 4.69) is 10.0 Å². The topological polar surface area (TPSA) is 118 Å². The van der Waals surface area contributed by atoms with Crippen LogP contribution >= 0.6 is 0 Å². The van der Waals surface area contributed by atoms with Gasteiger partial charge in [-0.05, 0) is 60.5 Å². The molecule has 3 rings (SSSR count). The van der Waals surface area contributed by atoms with Crippen LogP contribution in [0.25, 0.3) is 0 Å². The average Bonchev–Trinajstić information content (AvgIpc) is 2.71. The summed E-state index contributed by atoms with van der Waals surface area (Å²) in [6, 6.07) is 19.5. The zero-order valence-electron chi connectivity index (χ0n) is 16.3. The first kappa shape index (κ1) is 21.1. The summed E-state index contributed by atoms with van der Waals surface area (Å²) < 4.78 is 27.7. The van der Waals surface area contributed by atoms with Gasteiger partial charge in [0.2, 0.25) is 5.91 Å². The summed E-state index contributed by atoms with van der Waals surface area (Å²) in [5.41, 5.74) is 8.07. The Labute approximate surface area is 175 Å². The minimum absolute atomic E-state index is 0.0538. The number of primary amides is 1. The highest BCUT2D eigenvalue weighted by Gasteiger charge is 2.16. The highest BCUT2D eigenvalue weighted by molar-refractivity contribution is 7.92. The summed E-state index contributed by atoms with van der Waals surface area (Å²) in [6.45, 7) is 1.81. The van der Waals surface area contributed by atoms with E-state index in [1.54, 1.807) is 36.4 Å². The number of nitrogens with one attached hydrogen (secondary N) is 2. The quantitative estimate of drug-likeness (QED) is 0.541. The van der Waals surface area contributed by atoms with Crippen LogP contribution in [0.4, 0.5) is 11.4 Å².